The fourth-order valence-corrected chi connectivity index (χ4v) is 4.01. The number of nitrogens with zero attached hydrogens (tertiary/aromatic N) is 5. The lowest BCUT2D eigenvalue weighted by atomic mass is 9.94. The maximum Gasteiger partial charge on any atom is 0.255 e. The smallest absolute Gasteiger partial charge is 0.255 e. The van der Waals surface area contributed by atoms with Crippen molar-refractivity contribution in [3.8, 4) is 0 Å². The molecule has 2 atom stereocenters. The monoisotopic (exact) mass is 353 g/mol. The molecule has 3 saturated heterocycles. The molecule has 7 heteroatoms. The van der Waals surface area contributed by atoms with Crippen molar-refractivity contribution in [1.82, 2.24) is 24.6 Å². The van der Waals surface area contributed by atoms with Crippen molar-refractivity contribution in [1.29, 1.82) is 0 Å². The number of fused-ring (bicyclic) bond motifs is 4. The van der Waals surface area contributed by atoms with Crippen molar-refractivity contribution in [3.63, 3.8) is 0 Å². The summed E-state index contributed by atoms with van der Waals surface area (Å²) in [7, 11) is 0. The third-order valence-corrected chi connectivity index (χ3v) is 5.34. The van der Waals surface area contributed by atoms with Gasteiger partial charge in [-0.25, -0.2) is 0 Å². The van der Waals surface area contributed by atoms with E-state index in [9.17, 15) is 9.59 Å². The average molecular weight is 353 g/mol. The van der Waals surface area contributed by atoms with Gasteiger partial charge in [-0.15, -0.1) is 0 Å². The van der Waals surface area contributed by atoms with Gasteiger partial charge in [-0.05, 0) is 37.0 Å². The first kappa shape index (κ1) is 16.8. The predicted octanol–water partition coefficient (Wildman–Crippen LogP) is 1.43. The number of carbonyl (C=O) groups is 2. The highest BCUT2D eigenvalue weighted by Gasteiger charge is 2.38. The van der Waals surface area contributed by atoms with Crippen molar-refractivity contribution in [2.24, 2.45) is 5.92 Å². The van der Waals surface area contributed by atoms with Crippen LogP contribution in [0.3, 0.4) is 0 Å². The van der Waals surface area contributed by atoms with Crippen LogP contribution in [0.25, 0.3) is 0 Å². The molecular weight excluding hydrogens is 330 g/mol. The number of carbonyl (C=O) groups excluding carboxylic acids is 2. The van der Waals surface area contributed by atoms with E-state index in [-0.39, 0.29) is 17.9 Å². The molecule has 3 fully saturated rings. The largest absolute Gasteiger partial charge is 0.338 e. The molecule has 136 valence electrons. The highest BCUT2D eigenvalue weighted by Crippen LogP contribution is 2.29. The first-order chi connectivity index (χ1) is 12.7. The highest BCUT2D eigenvalue weighted by molar-refractivity contribution is 5.94. The van der Waals surface area contributed by atoms with Gasteiger partial charge in [0.25, 0.3) is 5.91 Å². The quantitative estimate of drug-likeness (QED) is 0.834. The van der Waals surface area contributed by atoms with Gasteiger partial charge >= 0.3 is 0 Å². The van der Waals surface area contributed by atoms with Gasteiger partial charge in [-0.3, -0.25) is 19.3 Å². The van der Waals surface area contributed by atoms with Crippen LogP contribution in [0.2, 0.25) is 0 Å². The molecule has 0 unspecified atom stereocenters. The van der Waals surface area contributed by atoms with Crippen LogP contribution < -0.4 is 0 Å². The topological polar surface area (TPSA) is 71.3 Å². The van der Waals surface area contributed by atoms with Crippen LogP contribution in [0, 0.1) is 5.92 Å². The molecule has 3 aliphatic heterocycles. The van der Waals surface area contributed by atoms with Crippen molar-refractivity contribution in [3.05, 3.63) is 48.5 Å². The molecule has 2 aromatic heterocycles. The Bertz CT molecular complexity index is 762. The Hall–Kier alpha value is -2.70. The first-order valence-electron chi connectivity index (χ1n) is 9.17. The second-order valence-corrected chi connectivity index (χ2v) is 7.11. The lowest BCUT2D eigenvalue weighted by Gasteiger charge is -2.36. The molecule has 0 spiro atoms. The second kappa shape index (κ2) is 7.27. The summed E-state index contributed by atoms with van der Waals surface area (Å²) in [5.74, 6) is 0.523. The van der Waals surface area contributed by atoms with Crippen molar-refractivity contribution in [2.75, 3.05) is 19.6 Å². The molecule has 0 radical (unpaired) electrons. The number of aromatic nitrogens is 3. The van der Waals surface area contributed by atoms with Crippen LogP contribution in [-0.2, 0) is 11.3 Å². The normalized spacial score (nSPS) is 22.3. The number of hydrogen-bond donors (Lipinski definition) is 0. The molecule has 7 nitrogen and oxygen atoms in total. The van der Waals surface area contributed by atoms with E-state index in [4.69, 9.17) is 0 Å². The van der Waals surface area contributed by atoms with Crippen molar-refractivity contribution >= 4 is 11.8 Å². The van der Waals surface area contributed by atoms with E-state index in [1.807, 2.05) is 22.1 Å². The van der Waals surface area contributed by atoms with Gasteiger partial charge in [0.1, 0.15) is 0 Å². The number of hydrogen-bond acceptors (Lipinski definition) is 4. The Morgan fingerprint density at radius 3 is 2.81 bits per heavy atom. The summed E-state index contributed by atoms with van der Waals surface area (Å²) < 4.78 is 1.78. The minimum absolute atomic E-state index is 0.0147. The first-order valence-corrected chi connectivity index (χ1v) is 9.17. The molecule has 2 aromatic rings. The Balaban J connectivity index is 1.43. The molecule has 0 aromatic carbocycles. The minimum Gasteiger partial charge on any atom is -0.338 e. The molecule has 0 aliphatic carbocycles. The van der Waals surface area contributed by atoms with Crippen LogP contribution in [-0.4, -0.2) is 62.1 Å². The van der Waals surface area contributed by atoms with Gasteiger partial charge < -0.3 is 9.80 Å². The number of piperidine rings is 1. The highest BCUT2D eigenvalue weighted by atomic mass is 16.2. The maximum absolute atomic E-state index is 12.8. The summed E-state index contributed by atoms with van der Waals surface area (Å²) in [5, 5.41) is 4.16. The summed E-state index contributed by atoms with van der Waals surface area (Å²) in [6.07, 6.45) is 9.36. The zero-order valence-corrected chi connectivity index (χ0v) is 14.7. The van der Waals surface area contributed by atoms with Crippen LogP contribution in [0.15, 0.2) is 43.0 Å². The van der Waals surface area contributed by atoms with Gasteiger partial charge in [0.05, 0.1) is 5.56 Å². The average Bonchev–Trinajstić information content (AvgIpc) is 3.04. The molecule has 5 rings (SSSR count). The third-order valence-electron chi connectivity index (χ3n) is 5.34. The van der Waals surface area contributed by atoms with Crippen molar-refractivity contribution in [2.45, 2.75) is 31.8 Å². The summed E-state index contributed by atoms with van der Waals surface area (Å²) in [6, 6.07) is 5.56. The molecule has 2 bridgehead atoms. The standard InChI is InChI=1S/C19H23N5O2/c25-18(6-10-23-9-2-8-21-23)24-13-15-4-5-17(24)14-22(12-15)19(26)16-3-1-7-20-11-16/h1-3,7-9,11,15,17H,4-6,10,12-14H2/t15-,17+/m0/s1. The Morgan fingerprint density at radius 2 is 2.04 bits per heavy atom. The SMILES string of the molecule is O=C(c1cccnc1)N1C[C@@H]2CC[C@H](C1)N(C(=O)CCn1cccn1)C2. The molecule has 3 aliphatic rings. The Kier molecular flexibility index (Phi) is 4.69. The lowest BCUT2D eigenvalue weighted by molar-refractivity contribution is -0.135. The van der Waals surface area contributed by atoms with E-state index in [2.05, 4.69) is 10.1 Å². The van der Waals surface area contributed by atoms with E-state index in [1.165, 1.54) is 0 Å². The summed E-state index contributed by atoms with van der Waals surface area (Å²) >= 11 is 0. The van der Waals surface area contributed by atoms with Gasteiger partial charge in [0.15, 0.2) is 0 Å². The maximum atomic E-state index is 12.8. The van der Waals surface area contributed by atoms with Gasteiger partial charge in [-0.1, -0.05) is 0 Å². The molecular formula is C19H23N5O2. The third kappa shape index (κ3) is 3.47. The fourth-order valence-electron chi connectivity index (χ4n) is 4.01. The van der Waals surface area contributed by atoms with Crippen LogP contribution in [0.4, 0.5) is 0 Å². The zero-order valence-electron chi connectivity index (χ0n) is 14.7. The summed E-state index contributed by atoms with van der Waals surface area (Å²) in [4.78, 5) is 33.5. The molecule has 0 N–H and O–H groups in total. The minimum atomic E-state index is 0.0147. The van der Waals surface area contributed by atoms with E-state index < -0.39 is 0 Å². The van der Waals surface area contributed by atoms with Crippen LogP contribution in [0.5, 0.6) is 0 Å². The number of amides is 2. The van der Waals surface area contributed by atoms with Crippen LogP contribution >= 0.6 is 0 Å². The predicted molar refractivity (Wildman–Crippen MR) is 95.2 cm³/mol. The number of pyridine rings is 1. The Labute approximate surface area is 152 Å². The number of rotatable bonds is 4. The van der Waals surface area contributed by atoms with E-state index >= 15 is 0 Å². The zero-order chi connectivity index (χ0) is 17.9. The van der Waals surface area contributed by atoms with Gasteiger partial charge in [0.2, 0.25) is 5.91 Å². The summed E-state index contributed by atoms with van der Waals surface area (Å²) in [6.45, 7) is 2.67. The second-order valence-electron chi connectivity index (χ2n) is 7.11. The molecule has 0 saturated carbocycles. The number of aryl methyl sites for hydroxylation is 1. The molecule has 5 heterocycles. The molecule has 26 heavy (non-hydrogen) atoms. The van der Waals surface area contributed by atoms with Crippen LogP contribution in [0.1, 0.15) is 29.6 Å². The Morgan fingerprint density at radius 1 is 1.12 bits per heavy atom. The van der Waals surface area contributed by atoms with E-state index in [0.717, 1.165) is 19.4 Å². The van der Waals surface area contributed by atoms with Crippen molar-refractivity contribution < 1.29 is 9.59 Å². The van der Waals surface area contributed by atoms with E-state index in [0.29, 0.717) is 37.5 Å². The van der Waals surface area contributed by atoms with Gasteiger partial charge in [-0.2, -0.15) is 5.10 Å². The fraction of sp³-hybridized carbons (Fsp3) is 0.474. The lowest BCUT2D eigenvalue weighted by Crippen LogP contribution is -2.47. The van der Waals surface area contributed by atoms with Gasteiger partial charge in [0, 0.05) is 63.4 Å². The molecule has 2 amide bonds. The summed E-state index contributed by atoms with van der Waals surface area (Å²) in [5.41, 5.74) is 0.616. The van der Waals surface area contributed by atoms with E-state index in [1.54, 1.807) is 35.4 Å².